The Morgan fingerprint density at radius 1 is 1.35 bits per heavy atom. The van der Waals surface area contributed by atoms with Gasteiger partial charge in [0.05, 0.1) is 16.7 Å². The first-order chi connectivity index (χ1) is 15.1. The highest BCUT2D eigenvalue weighted by atomic mass is 32.2. The molecule has 0 spiro atoms. The molecule has 0 radical (unpaired) electrons. The summed E-state index contributed by atoms with van der Waals surface area (Å²) in [6, 6.07) is 3.76. The highest BCUT2D eigenvalue weighted by Gasteiger charge is 2.22. The van der Waals surface area contributed by atoms with Crippen molar-refractivity contribution in [2.24, 2.45) is 0 Å². The van der Waals surface area contributed by atoms with Crippen molar-refractivity contribution in [3.63, 3.8) is 0 Å². The molecule has 0 aliphatic heterocycles. The van der Waals surface area contributed by atoms with E-state index in [0.717, 1.165) is 48.7 Å². The zero-order valence-electron chi connectivity index (χ0n) is 17.4. The Bertz CT molecular complexity index is 1200. The van der Waals surface area contributed by atoms with Crippen LogP contribution in [0.1, 0.15) is 55.0 Å². The van der Waals surface area contributed by atoms with Crippen molar-refractivity contribution < 1.29 is 4.79 Å². The number of nitriles is 1. The minimum Gasteiger partial charge on any atom is -0.316 e. The summed E-state index contributed by atoms with van der Waals surface area (Å²) in [6.07, 6.45) is 7.31. The topological polar surface area (TPSA) is 87.8 Å². The lowest BCUT2D eigenvalue weighted by Gasteiger charge is -2.13. The normalized spacial score (nSPS) is 13.2. The van der Waals surface area contributed by atoms with Crippen LogP contribution in [-0.4, -0.2) is 21.2 Å². The van der Waals surface area contributed by atoms with E-state index in [9.17, 15) is 9.59 Å². The van der Waals surface area contributed by atoms with Crippen LogP contribution in [0.2, 0.25) is 0 Å². The first-order valence-corrected chi connectivity index (χ1v) is 13.3. The van der Waals surface area contributed by atoms with Crippen LogP contribution in [0.4, 0.5) is 5.00 Å². The molecule has 1 aliphatic rings. The second-order valence-corrected chi connectivity index (χ2v) is 10.5. The second kappa shape index (κ2) is 9.98. The second-order valence-electron chi connectivity index (χ2n) is 7.56. The maximum atomic E-state index is 13.4. The molecule has 1 N–H and O–H groups in total. The molecule has 162 valence electrons. The summed E-state index contributed by atoms with van der Waals surface area (Å²) in [5, 5.41) is 15.7. The Kier molecular flexibility index (Phi) is 7.10. The highest BCUT2D eigenvalue weighted by molar-refractivity contribution is 7.99. The van der Waals surface area contributed by atoms with Crippen LogP contribution in [0, 0.1) is 11.3 Å². The predicted octanol–water partition coefficient (Wildman–Crippen LogP) is 5.19. The standard InChI is InChI=1S/C22H24N4O2S3/c1-2-3-6-10-26-21(28)18-15-7-4-5-8-16(15)31-20(18)25-22(26)30-13-17(27)24-19-14(12-23)9-11-29-19/h9,11H,2-8,10,13H2,1H3,(H,24,27). The maximum absolute atomic E-state index is 13.4. The number of thioether (sulfide) groups is 1. The Morgan fingerprint density at radius 3 is 3.00 bits per heavy atom. The molecule has 9 heteroatoms. The van der Waals surface area contributed by atoms with Gasteiger partial charge in [-0.3, -0.25) is 14.2 Å². The maximum Gasteiger partial charge on any atom is 0.263 e. The van der Waals surface area contributed by atoms with E-state index in [4.69, 9.17) is 10.2 Å². The number of hydrogen-bond acceptors (Lipinski definition) is 7. The van der Waals surface area contributed by atoms with Gasteiger partial charge in [-0.15, -0.1) is 22.7 Å². The first-order valence-electron chi connectivity index (χ1n) is 10.6. The molecule has 1 aliphatic carbocycles. The molecule has 1 amide bonds. The molecular formula is C22H24N4O2S3. The van der Waals surface area contributed by atoms with Crippen molar-refractivity contribution in [2.75, 3.05) is 11.1 Å². The number of amides is 1. The lowest BCUT2D eigenvalue weighted by atomic mass is 9.97. The van der Waals surface area contributed by atoms with Crippen LogP contribution in [0.5, 0.6) is 0 Å². The molecule has 0 bridgehead atoms. The molecule has 0 atom stereocenters. The number of thiophene rings is 2. The summed E-state index contributed by atoms with van der Waals surface area (Å²) >= 11 is 4.25. The number of nitrogens with zero attached hydrogens (tertiary/aromatic N) is 3. The van der Waals surface area contributed by atoms with Gasteiger partial charge in [0.25, 0.3) is 5.56 Å². The van der Waals surface area contributed by atoms with Gasteiger partial charge in [-0.1, -0.05) is 31.5 Å². The fourth-order valence-corrected chi connectivity index (χ4v) is 6.72. The van der Waals surface area contributed by atoms with E-state index in [1.807, 2.05) is 0 Å². The van der Waals surface area contributed by atoms with Gasteiger partial charge in [0.2, 0.25) is 5.91 Å². The van der Waals surface area contributed by atoms with E-state index in [0.29, 0.717) is 22.3 Å². The first kappa shape index (κ1) is 22.1. The van der Waals surface area contributed by atoms with Crippen LogP contribution in [-0.2, 0) is 24.2 Å². The van der Waals surface area contributed by atoms with Crippen molar-refractivity contribution in [3.05, 3.63) is 37.8 Å². The third-order valence-electron chi connectivity index (χ3n) is 5.40. The van der Waals surface area contributed by atoms with E-state index < -0.39 is 0 Å². The third-order valence-corrected chi connectivity index (χ3v) is 8.39. The van der Waals surface area contributed by atoms with Gasteiger partial charge in [-0.2, -0.15) is 5.26 Å². The van der Waals surface area contributed by atoms with Crippen molar-refractivity contribution in [3.8, 4) is 6.07 Å². The summed E-state index contributed by atoms with van der Waals surface area (Å²) in [5.74, 6) is -0.0663. The number of carbonyl (C=O) groups is 1. The van der Waals surface area contributed by atoms with Gasteiger partial charge >= 0.3 is 0 Å². The summed E-state index contributed by atoms with van der Waals surface area (Å²) in [7, 11) is 0. The van der Waals surface area contributed by atoms with Gasteiger partial charge in [-0.05, 0) is 49.1 Å². The number of unbranched alkanes of at least 4 members (excludes halogenated alkanes) is 2. The van der Waals surface area contributed by atoms with E-state index in [1.165, 1.54) is 40.0 Å². The number of aryl methyl sites for hydroxylation is 2. The minimum atomic E-state index is -0.205. The van der Waals surface area contributed by atoms with Gasteiger partial charge in [0, 0.05) is 11.4 Å². The molecule has 0 saturated carbocycles. The van der Waals surface area contributed by atoms with Gasteiger partial charge < -0.3 is 5.32 Å². The fourth-order valence-electron chi connectivity index (χ4n) is 3.83. The molecule has 0 saturated heterocycles. The Morgan fingerprint density at radius 2 is 2.19 bits per heavy atom. The van der Waals surface area contributed by atoms with Crippen molar-refractivity contribution >= 4 is 55.6 Å². The zero-order valence-corrected chi connectivity index (χ0v) is 19.9. The van der Waals surface area contributed by atoms with E-state index in [1.54, 1.807) is 27.4 Å². The molecular weight excluding hydrogens is 448 g/mol. The Hall–Kier alpha value is -2.15. The van der Waals surface area contributed by atoms with Gasteiger partial charge in [0.15, 0.2) is 5.16 Å². The van der Waals surface area contributed by atoms with Crippen LogP contribution in [0.25, 0.3) is 10.2 Å². The summed E-state index contributed by atoms with van der Waals surface area (Å²) < 4.78 is 1.77. The fraction of sp³-hybridized carbons (Fsp3) is 0.455. The van der Waals surface area contributed by atoms with Gasteiger partial charge in [-0.25, -0.2) is 4.98 Å². The van der Waals surface area contributed by atoms with Crippen LogP contribution in [0.15, 0.2) is 21.4 Å². The van der Waals surface area contributed by atoms with E-state index in [-0.39, 0.29) is 17.2 Å². The number of carbonyl (C=O) groups excluding carboxylic acids is 1. The summed E-state index contributed by atoms with van der Waals surface area (Å²) in [6.45, 7) is 2.76. The molecule has 31 heavy (non-hydrogen) atoms. The average molecular weight is 473 g/mol. The Labute approximate surface area is 193 Å². The predicted molar refractivity (Wildman–Crippen MR) is 128 cm³/mol. The monoisotopic (exact) mass is 472 g/mol. The smallest absolute Gasteiger partial charge is 0.263 e. The van der Waals surface area contributed by atoms with Crippen molar-refractivity contribution in [1.82, 2.24) is 9.55 Å². The molecule has 0 unspecified atom stereocenters. The molecule has 4 rings (SSSR count). The minimum absolute atomic E-state index is 0.0356. The summed E-state index contributed by atoms with van der Waals surface area (Å²) in [5.41, 5.74) is 1.70. The number of rotatable bonds is 8. The van der Waals surface area contributed by atoms with Crippen LogP contribution in [0.3, 0.4) is 0 Å². The largest absolute Gasteiger partial charge is 0.316 e. The highest BCUT2D eigenvalue weighted by Crippen LogP contribution is 2.35. The average Bonchev–Trinajstić information content (AvgIpc) is 3.37. The van der Waals surface area contributed by atoms with Crippen molar-refractivity contribution in [1.29, 1.82) is 5.26 Å². The molecule has 0 fully saturated rings. The van der Waals surface area contributed by atoms with Crippen molar-refractivity contribution in [2.45, 2.75) is 63.6 Å². The number of aromatic nitrogens is 2. The molecule has 3 heterocycles. The number of fused-ring (bicyclic) bond motifs is 3. The molecule has 6 nitrogen and oxygen atoms in total. The van der Waals surface area contributed by atoms with Crippen LogP contribution < -0.4 is 10.9 Å². The number of nitrogens with one attached hydrogen (secondary N) is 1. The molecule has 0 aromatic carbocycles. The summed E-state index contributed by atoms with van der Waals surface area (Å²) in [4.78, 5) is 32.9. The lowest BCUT2D eigenvalue weighted by molar-refractivity contribution is -0.113. The molecule has 3 aromatic heterocycles. The van der Waals surface area contributed by atoms with Gasteiger partial charge in [0.1, 0.15) is 15.9 Å². The SMILES string of the molecule is CCCCCn1c(SCC(=O)Nc2sccc2C#N)nc2sc3c(c2c1=O)CCCC3. The van der Waals surface area contributed by atoms with E-state index >= 15 is 0 Å². The number of anilines is 1. The van der Waals surface area contributed by atoms with E-state index in [2.05, 4.69) is 18.3 Å². The quantitative estimate of drug-likeness (QED) is 0.277. The number of hydrogen-bond donors (Lipinski definition) is 1. The van der Waals surface area contributed by atoms with Crippen LogP contribution >= 0.6 is 34.4 Å². The third kappa shape index (κ3) is 4.71. The zero-order chi connectivity index (χ0) is 21.8. The Balaban J connectivity index is 1.60. The lowest BCUT2D eigenvalue weighted by Crippen LogP contribution is -2.24. The molecule has 3 aromatic rings.